The van der Waals surface area contributed by atoms with Crippen LogP contribution in [0.25, 0.3) is 5.69 Å². The van der Waals surface area contributed by atoms with E-state index in [1.807, 2.05) is 30.3 Å². The summed E-state index contributed by atoms with van der Waals surface area (Å²) in [4.78, 5) is 36.8. The summed E-state index contributed by atoms with van der Waals surface area (Å²) >= 11 is 0. The highest BCUT2D eigenvalue weighted by Crippen LogP contribution is 2.32. The number of amides is 2. The average Bonchev–Trinajstić information content (AvgIpc) is 2.70. The maximum atomic E-state index is 12.7. The van der Waals surface area contributed by atoms with E-state index < -0.39 is 17.4 Å². The molecule has 0 spiro atoms. The number of ether oxygens (including phenoxy) is 1. The third-order valence-electron chi connectivity index (χ3n) is 4.49. The van der Waals surface area contributed by atoms with Crippen LogP contribution in [-0.4, -0.2) is 27.7 Å². The number of benzene rings is 2. The Morgan fingerprint density at radius 3 is 2.66 bits per heavy atom. The molecular formula is C21H18N4O4. The number of aryl methyl sites for hydroxylation is 1. The van der Waals surface area contributed by atoms with Gasteiger partial charge in [-0.25, -0.2) is 4.68 Å². The van der Waals surface area contributed by atoms with E-state index in [4.69, 9.17) is 4.74 Å². The second-order valence-electron chi connectivity index (χ2n) is 6.66. The van der Waals surface area contributed by atoms with Crippen molar-refractivity contribution < 1.29 is 14.3 Å². The maximum absolute atomic E-state index is 12.7. The van der Waals surface area contributed by atoms with Gasteiger partial charge < -0.3 is 15.4 Å². The van der Waals surface area contributed by atoms with Crippen LogP contribution in [0.15, 0.2) is 59.4 Å². The van der Waals surface area contributed by atoms with Gasteiger partial charge in [0.05, 0.1) is 11.4 Å². The third-order valence-corrected chi connectivity index (χ3v) is 4.49. The normalized spacial score (nSPS) is 15.1. The summed E-state index contributed by atoms with van der Waals surface area (Å²) < 4.78 is 7.04. The Morgan fingerprint density at radius 1 is 1.14 bits per heavy atom. The van der Waals surface area contributed by atoms with Crippen LogP contribution in [0.2, 0.25) is 0 Å². The molecule has 0 unspecified atom stereocenters. The molecule has 0 radical (unpaired) electrons. The van der Waals surface area contributed by atoms with Crippen LogP contribution in [0.3, 0.4) is 0 Å². The average molecular weight is 390 g/mol. The van der Waals surface area contributed by atoms with Crippen molar-refractivity contribution in [1.82, 2.24) is 9.78 Å². The molecule has 1 aliphatic rings. The molecule has 1 aromatic heterocycles. The van der Waals surface area contributed by atoms with E-state index in [0.29, 0.717) is 22.8 Å². The Hall–Kier alpha value is -3.94. The van der Waals surface area contributed by atoms with Crippen molar-refractivity contribution in [3.8, 4) is 11.4 Å². The number of carbonyl (C=O) groups excluding carboxylic acids is 2. The Morgan fingerprint density at radius 2 is 1.90 bits per heavy atom. The Balaban J connectivity index is 1.63. The topological polar surface area (TPSA) is 102 Å². The molecule has 146 valence electrons. The Kier molecular flexibility index (Phi) is 4.59. The van der Waals surface area contributed by atoms with Crippen LogP contribution in [-0.2, 0) is 4.79 Å². The number of hydrogen-bond acceptors (Lipinski definition) is 5. The SMILES string of the molecule is Cc1cc(=O)c(C(=O)Nc2ccc3c(c2)NC(=O)[C@H](C)O3)nn1-c1ccccc1. The van der Waals surface area contributed by atoms with Crippen LogP contribution in [0.5, 0.6) is 5.75 Å². The van der Waals surface area contributed by atoms with Gasteiger partial charge in [-0.3, -0.25) is 14.4 Å². The Labute approximate surface area is 166 Å². The van der Waals surface area contributed by atoms with E-state index in [9.17, 15) is 14.4 Å². The van der Waals surface area contributed by atoms with Gasteiger partial charge in [0.1, 0.15) is 5.75 Å². The molecule has 8 nitrogen and oxygen atoms in total. The van der Waals surface area contributed by atoms with Gasteiger partial charge in [-0.2, -0.15) is 5.10 Å². The van der Waals surface area contributed by atoms with Crippen molar-refractivity contribution in [1.29, 1.82) is 0 Å². The van der Waals surface area contributed by atoms with Crippen molar-refractivity contribution >= 4 is 23.2 Å². The molecule has 8 heteroatoms. The highest BCUT2D eigenvalue weighted by Gasteiger charge is 2.24. The van der Waals surface area contributed by atoms with E-state index in [-0.39, 0.29) is 11.6 Å². The number of nitrogens with one attached hydrogen (secondary N) is 2. The number of aromatic nitrogens is 2. The third kappa shape index (κ3) is 3.60. The van der Waals surface area contributed by atoms with Gasteiger partial charge in [0.25, 0.3) is 11.8 Å². The number of nitrogens with zero attached hydrogens (tertiary/aromatic N) is 2. The second kappa shape index (κ2) is 7.23. The standard InChI is InChI=1S/C21H18N4O4/c1-12-10-17(26)19(24-25(12)15-6-4-3-5-7-15)21(28)22-14-8-9-18-16(11-14)23-20(27)13(2)29-18/h3-11,13H,1-2H3,(H,22,28)(H,23,27)/t13-/m0/s1. The molecule has 2 aromatic carbocycles. The smallest absolute Gasteiger partial charge is 0.280 e. The second-order valence-corrected chi connectivity index (χ2v) is 6.66. The predicted octanol–water partition coefficient (Wildman–Crippen LogP) is 2.51. The fraction of sp³-hybridized carbons (Fsp3) is 0.143. The lowest BCUT2D eigenvalue weighted by Gasteiger charge is -2.23. The molecule has 2 amide bonds. The molecule has 3 aromatic rings. The molecule has 4 rings (SSSR count). The van der Waals surface area contributed by atoms with Gasteiger partial charge in [0, 0.05) is 17.4 Å². The van der Waals surface area contributed by atoms with Crippen molar-refractivity contribution in [2.24, 2.45) is 0 Å². The number of rotatable bonds is 3. The molecule has 0 fully saturated rings. The van der Waals surface area contributed by atoms with Crippen molar-refractivity contribution in [3.05, 3.63) is 76.2 Å². The highest BCUT2D eigenvalue weighted by atomic mass is 16.5. The van der Waals surface area contributed by atoms with Gasteiger partial charge in [0.15, 0.2) is 11.8 Å². The first-order valence-corrected chi connectivity index (χ1v) is 9.02. The van der Waals surface area contributed by atoms with E-state index in [2.05, 4.69) is 15.7 Å². The molecule has 1 atom stereocenters. The van der Waals surface area contributed by atoms with E-state index in [1.54, 1.807) is 36.7 Å². The van der Waals surface area contributed by atoms with Crippen molar-refractivity contribution in [2.45, 2.75) is 20.0 Å². The largest absolute Gasteiger partial charge is 0.479 e. The fourth-order valence-electron chi connectivity index (χ4n) is 3.01. The zero-order valence-electron chi connectivity index (χ0n) is 15.8. The minimum atomic E-state index is -0.643. The van der Waals surface area contributed by atoms with Gasteiger partial charge >= 0.3 is 0 Å². The highest BCUT2D eigenvalue weighted by molar-refractivity contribution is 6.04. The molecular weight excluding hydrogens is 372 g/mol. The molecule has 1 aliphatic heterocycles. The first kappa shape index (κ1) is 18.4. The number of fused-ring (bicyclic) bond motifs is 1. The zero-order valence-corrected chi connectivity index (χ0v) is 15.8. The summed E-state index contributed by atoms with van der Waals surface area (Å²) in [7, 11) is 0. The van der Waals surface area contributed by atoms with Crippen LogP contribution >= 0.6 is 0 Å². The lowest BCUT2D eigenvalue weighted by atomic mass is 10.2. The van der Waals surface area contributed by atoms with Crippen molar-refractivity contribution in [3.63, 3.8) is 0 Å². The van der Waals surface area contributed by atoms with Gasteiger partial charge in [-0.05, 0) is 44.2 Å². The summed E-state index contributed by atoms with van der Waals surface area (Å²) in [6.45, 7) is 3.39. The minimum absolute atomic E-state index is 0.230. The molecule has 0 aliphatic carbocycles. The van der Waals surface area contributed by atoms with Crippen LogP contribution in [0.4, 0.5) is 11.4 Å². The monoisotopic (exact) mass is 390 g/mol. The molecule has 0 saturated carbocycles. The number of carbonyl (C=O) groups is 2. The van der Waals surface area contributed by atoms with Crippen molar-refractivity contribution in [2.75, 3.05) is 10.6 Å². The number of anilines is 2. The fourth-order valence-corrected chi connectivity index (χ4v) is 3.01. The molecule has 0 saturated heterocycles. The first-order valence-electron chi connectivity index (χ1n) is 9.02. The summed E-state index contributed by atoms with van der Waals surface area (Å²) in [6, 6.07) is 15.4. The first-order chi connectivity index (χ1) is 13.9. The minimum Gasteiger partial charge on any atom is -0.479 e. The van der Waals surface area contributed by atoms with Gasteiger partial charge in [0.2, 0.25) is 5.43 Å². The summed E-state index contributed by atoms with van der Waals surface area (Å²) in [6.07, 6.45) is -0.587. The molecule has 0 bridgehead atoms. The van der Waals surface area contributed by atoms with Crippen LogP contribution < -0.4 is 20.8 Å². The Bertz CT molecular complexity index is 1170. The number of hydrogen-bond donors (Lipinski definition) is 2. The summed E-state index contributed by atoms with van der Waals surface area (Å²) in [5.41, 5.74) is 1.49. The summed E-state index contributed by atoms with van der Waals surface area (Å²) in [5, 5.41) is 9.61. The molecule has 2 heterocycles. The lowest BCUT2D eigenvalue weighted by Crippen LogP contribution is -2.34. The van der Waals surface area contributed by atoms with E-state index in [0.717, 1.165) is 5.69 Å². The van der Waals surface area contributed by atoms with Crippen LogP contribution in [0, 0.1) is 6.92 Å². The molecule has 2 N–H and O–H groups in total. The predicted molar refractivity (Wildman–Crippen MR) is 108 cm³/mol. The van der Waals surface area contributed by atoms with E-state index in [1.165, 1.54) is 6.07 Å². The quantitative estimate of drug-likeness (QED) is 0.715. The van der Waals surface area contributed by atoms with E-state index >= 15 is 0 Å². The van der Waals surface area contributed by atoms with Crippen LogP contribution in [0.1, 0.15) is 23.1 Å². The zero-order chi connectivity index (χ0) is 20.5. The van der Waals surface area contributed by atoms with Gasteiger partial charge in [-0.1, -0.05) is 18.2 Å². The van der Waals surface area contributed by atoms with Gasteiger partial charge in [-0.15, -0.1) is 0 Å². The summed E-state index contributed by atoms with van der Waals surface area (Å²) in [5.74, 6) is -0.405. The number of para-hydroxylation sites is 1. The molecule has 29 heavy (non-hydrogen) atoms. The lowest BCUT2D eigenvalue weighted by molar-refractivity contribution is -0.122. The maximum Gasteiger partial charge on any atom is 0.280 e.